The third-order valence-electron chi connectivity index (χ3n) is 5.01. The van der Waals surface area contributed by atoms with Crippen molar-refractivity contribution >= 4 is 5.91 Å². The van der Waals surface area contributed by atoms with Crippen molar-refractivity contribution in [1.82, 2.24) is 20.4 Å². The molecule has 1 unspecified atom stereocenters. The van der Waals surface area contributed by atoms with Gasteiger partial charge < -0.3 is 9.84 Å². The summed E-state index contributed by atoms with van der Waals surface area (Å²) in [6, 6.07) is 8.45. The third-order valence-corrected chi connectivity index (χ3v) is 5.01. The van der Waals surface area contributed by atoms with E-state index in [1.807, 2.05) is 31.2 Å². The number of aromatic nitrogens is 2. The number of hydrogen-bond donors (Lipinski definition) is 1. The Kier molecular flexibility index (Phi) is 4.53. The largest absolute Gasteiger partial charge is 0.353 e. The first-order valence-electron chi connectivity index (χ1n) is 9.10. The summed E-state index contributed by atoms with van der Waals surface area (Å²) in [5.41, 5.74) is 2.13. The maximum Gasteiger partial charge on any atom is 0.241 e. The number of amides is 1. The van der Waals surface area contributed by atoms with E-state index < -0.39 is 0 Å². The molecule has 1 N–H and O–H groups in total. The van der Waals surface area contributed by atoms with E-state index in [4.69, 9.17) is 4.52 Å². The molecule has 0 spiro atoms. The molecule has 1 saturated carbocycles. The van der Waals surface area contributed by atoms with Crippen LogP contribution in [0.5, 0.6) is 0 Å². The van der Waals surface area contributed by atoms with E-state index in [9.17, 15) is 4.79 Å². The van der Waals surface area contributed by atoms with Crippen LogP contribution in [-0.4, -0.2) is 40.1 Å². The SMILES string of the molecule is Cc1ccccc1-c1noc(CN2CCCC(C(=O)NC3CC3)C2)n1. The Hall–Kier alpha value is -2.21. The van der Waals surface area contributed by atoms with Gasteiger partial charge in [0.25, 0.3) is 0 Å². The van der Waals surface area contributed by atoms with Crippen LogP contribution in [0.3, 0.4) is 0 Å². The summed E-state index contributed by atoms with van der Waals surface area (Å²) in [5, 5.41) is 7.25. The minimum absolute atomic E-state index is 0.0770. The second-order valence-electron chi connectivity index (χ2n) is 7.18. The van der Waals surface area contributed by atoms with Crippen LogP contribution >= 0.6 is 0 Å². The average Bonchev–Trinajstić information content (AvgIpc) is 3.32. The van der Waals surface area contributed by atoms with Gasteiger partial charge in [0.2, 0.25) is 17.6 Å². The molecule has 2 fully saturated rings. The highest BCUT2D eigenvalue weighted by molar-refractivity contribution is 5.79. The van der Waals surface area contributed by atoms with Crippen LogP contribution in [0.2, 0.25) is 0 Å². The van der Waals surface area contributed by atoms with Crippen molar-refractivity contribution in [1.29, 1.82) is 0 Å². The number of likely N-dealkylation sites (tertiary alicyclic amines) is 1. The predicted octanol–water partition coefficient (Wildman–Crippen LogP) is 2.54. The molecule has 25 heavy (non-hydrogen) atoms. The number of piperidine rings is 1. The second kappa shape index (κ2) is 6.96. The van der Waals surface area contributed by atoms with Crippen molar-refractivity contribution in [2.75, 3.05) is 13.1 Å². The molecular formula is C19H24N4O2. The Labute approximate surface area is 147 Å². The Bertz CT molecular complexity index is 753. The van der Waals surface area contributed by atoms with Gasteiger partial charge in [-0.05, 0) is 44.7 Å². The first kappa shape index (κ1) is 16.3. The van der Waals surface area contributed by atoms with Gasteiger partial charge >= 0.3 is 0 Å². The molecule has 2 aromatic rings. The molecule has 1 aromatic heterocycles. The number of hydrogen-bond acceptors (Lipinski definition) is 5. The van der Waals surface area contributed by atoms with Crippen LogP contribution in [-0.2, 0) is 11.3 Å². The molecule has 0 bridgehead atoms. The number of aryl methyl sites for hydroxylation is 1. The highest BCUT2D eigenvalue weighted by Gasteiger charge is 2.30. The summed E-state index contributed by atoms with van der Waals surface area (Å²) in [7, 11) is 0. The van der Waals surface area contributed by atoms with Gasteiger partial charge in [-0.3, -0.25) is 9.69 Å². The topological polar surface area (TPSA) is 71.3 Å². The van der Waals surface area contributed by atoms with E-state index in [0.717, 1.165) is 49.9 Å². The van der Waals surface area contributed by atoms with E-state index in [1.54, 1.807) is 0 Å². The molecule has 2 heterocycles. The standard InChI is InChI=1S/C19H24N4O2/c1-13-5-2-3-7-16(13)18-21-17(25-22-18)12-23-10-4-6-14(11-23)19(24)20-15-8-9-15/h2-3,5,7,14-15H,4,6,8-12H2,1H3,(H,20,24). The average molecular weight is 340 g/mol. The number of rotatable bonds is 5. The molecule has 6 heteroatoms. The van der Waals surface area contributed by atoms with Crippen LogP contribution < -0.4 is 5.32 Å². The van der Waals surface area contributed by atoms with E-state index >= 15 is 0 Å². The zero-order valence-corrected chi connectivity index (χ0v) is 14.6. The maximum atomic E-state index is 12.3. The summed E-state index contributed by atoms with van der Waals surface area (Å²) in [6.45, 7) is 4.38. The zero-order valence-electron chi connectivity index (χ0n) is 14.6. The van der Waals surface area contributed by atoms with Crippen LogP contribution in [0.4, 0.5) is 0 Å². The normalized spacial score (nSPS) is 21.2. The molecule has 1 amide bonds. The number of nitrogens with one attached hydrogen (secondary N) is 1. The van der Waals surface area contributed by atoms with E-state index in [1.165, 1.54) is 0 Å². The summed E-state index contributed by atoms with van der Waals surface area (Å²) in [6.07, 6.45) is 4.26. The first-order valence-corrected chi connectivity index (χ1v) is 9.10. The molecule has 4 rings (SSSR count). The lowest BCUT2D eigenvalue weighted by molar-refractivity contribution is -0.127. The second-order valence-corrected chi connectivity index (χ2v) is 7.18. The van der Waals surface area contributed by atoms with Gasteiger partial charge in [-0.15, -0.1) is 0 Å². The molecule has 6 nitrogen and oxygen atoms in total. The fourth-order valence-corrected chi connectivity index (χ4v) is 3.40. The van der Waals surface area contributed by atoms with Crippen molar-refractivity contribution in [3.8, 4) is 11.4 Å². The minimum atomic E-state index is 0.0770. The van der Waals surface area contributed by atoms with Gasteiger partial charge in [0.1, 0.15) is 0 Å². The van der Waals surface area contributed by atoms with Crippen molar-refractivity contribution in [3.63, 3.8) is 0 Å². The Balaban J connectivity index is 1.38. The number of nitrogens with zero attached hydrogens (tertiary/aromatic N) is 3. The predicted molar refractivity (Wildman–Crippen MR) is 93.6 cm³/mol. The minimum Gasteiger partial charge on any atom is -0.353 e. The Morgan fingerprint density at radius 3 is 2.96 bits per heavy atom. The molecule has 0 radical (unpaired) electrons. The van der Waals surface area contributed by atoms with E-state index in [0.29, 0.717) is 24.3 Å². The van der Waals surface area contributed by atoms with Crippen LogP contribution in [0, 0.1) is 12.8 Å². The highest BCUT2D eigenvalue weighted by atomic mass is 16.5. The third kappa shape index (κ3) is 3.90. The summed E-state index contributed by atoms with van der Waals surface area (Å²) in [4.78, 5) is 19.1. The molecule has 1 atom stereocenters. The highest BCUT2D eigenvalue weighted by Crippen LogP contribution is 2.24. The van der Waals surface area contributed by atoms with Gasteiger partial charge in [0, 0.05) is 18.2 Å². The van der Waals surface area contributed by atoms with E-state index in [2.05, 4.69) is 20.4 Å². The van der Waals surface area contributed by atoms with Crippen molar-refractivity contribution in [2.45, 2.75) is 45.2 Å². The summed E-state index contributed by atoms with van der Waals surface area (Å²) >= 11 is 0. The smallest absolute Gasteiger partial charge is 0.241 e. The van der Waals surface area contributed by atoms with Crippen molar-refractivity contribution in [2.24, 2.45) is 5.92 Å². The quantitative estimate of drug-likeness (QED) is 0.906. The van der Waals surface area contributed by atoms with Crippen LogP contribution in [0.25, 0.3) is 11.4 Å². The molecule has 1 aromatic carbocycles. The lowest BCUT2D eigenvalue weighted by Gasteiger charge is -2.30. The molecular weight excluding hydrogens is 316 g/mol. The maximum absolute atomic E-state index is 12.3. The van der Waals surface area contributed by atoms with Gasteiger partial charge in [-0.25, -0.2) is 0 Å². The molecule has 1 saturated heterocycles. The fourth-order valence-electron chi connectivity index (χ4n) is 3.40. The first-order chi connectivity index (χ1) is 12.2. The van der Waals surface area contributed by atoms with Crippen molar-refractivity contribution in [3.05, 3.63) is 35.7 Å². The number of benzene rings is 1. The van der Waals surface area contributed by atoms with Crippen LogP contribution in [0.15, 0.2) is 28.8 Å². The Morgan fingerprint density at radius 1 is 1.32 bits per heavy atom. The van der Waals surface area contributed by atoms with Gasteiger partial charge in [-0.2, -0.15) is 4.98 Å². The molecule has 2 aliphatic rings. The van der Waals surface area contributed by atoms with Gasteiger partial charge in [-0.1, -0.05) is 29.4 Å². The van der Waals surface area contributed by atoms with Crippen LogP contribution in [0.1, 0.15) is 37.1 Å². The lowest BCUT2D eigenvalue weighted by atomic mass is 9.97. The monoisotopic (exact) mass is 340 g/mol. The molecule has 1 aliphatic carbocycles. The van der Waals surface area contributed by atoms with Gasteiger partial charge in [0.05, 0.1) is 12.5 Å². The molecule has 132 valence electrons. The summed E-state index contributed by atoms with van der Waals surface area (Å²) < 4.78 is 5.44. The summed E-state index contributed by atoms with van der Waals surface area (Å²) in [5.74, 6) is 1.53. The fraction of sp³-hybridized carbons (Fsp3) is 0.526. The van der Waals surface area contributed by atoms with E-state index in [-0.39, 0.29) is 11.8 Å². The van der Waals surface area contributed by atoms with Crippen molar-refractivity contribution < 1.29 is 9.32 Å². The lowest BCUT2D eigenvalue weighted by Crippen LogP contribution is -2.43. The number of carbonyl (C=O) groups is 1. The number of carbonyl (C=O) groups excluding carboxylic acids is 1. The molecule has 1 aliphatic heterocycles. The Morgan fingerprint density at radius 2 is 2.16 bits per heavy atom. The van der Waals surface area contributed by atoms with Gasteiger partial charge in [0.15, 0.2) is 0 Å². The zero-order chi connectivity index (χ0) is 17.2.